The van der Waals surface area contributed by atoms with Gasteiger partial charge in [0, 0.05) is 27.5 Å². The van der Waals surface area contributed by atoms with Crippen molar-refractivity contribution in [1.29, 1.82) is 0 Å². The quantitative estimate of drug-likeness (QED) is 0.524. The minimum Gasteiger partial charge on any atom is -0.358 e. The van der Waals surface area contributed by atoms with Gasteiger partial charge < -0.3 is 4.98 Å². The highest BCUT2D eigenvalue weighted by molar-refractivity contribution is 7.14. The zero-order valence-corrected chi connectivity index (χ0v) is 15.2. The van der Waals surface area contributed by atoms with Crippen LogP contribution in [0, 0.1) is 5.82 Å². The summed E-state index contributed by atoms with van der Waals surface area (Å²) in [5, 5.41) is 5.48. The van der Waals surface area contributed by atoms with Crippen LogP contribution in [0.25, 0.3) is 22.2 Å². The number of fused-ring (bicyclic) bond motifs is 1. The Kier molecular flexibility index (Phi) is 4.47. The van der Waals surface area contributed by atoms with E-state index in [9.17, 15) is 14.0 Å². The van der Waals surface area contributed by atoms with Gasteiger partial charge in [0.2, 0.25) is 5.43 Å². The summed E-state index contributed by atoms with van der Waals surface area (Å²) in [5.74, 6) is -1.16. The number of nitrogens with zero attached hydrogens (tertiary/aromatic N) is 1. The van der Waals surface area contributed by atoms with Crippen LogP contribution in [-0.2, 0) is 0 Å². The van der Waals surface area contributed by atoms with Crippen molar-refractivity contribution in [1.82, 2.24) is 9.97 Å². The Labute approximate surface area is 161 Å². The molecule has 0 fully saturated rings. The zero-order chi connectivity index (χ0) is 19.0. The molecular weight excluding hydrogens is 389 g/mol. The molecule has 134 valence electrons. The second-order valence-corrected chi connectivity index (χ2v) is 6.99. The molecule has 0 aliphatic rings. The molecule has 0 bridgehead atoms. The Morgan fingerprint density at radius 3 is 2.74 bits per heavy atom. The monoisotopic (exact) mass is 399 g/mol. The average Bonchev–Trinajstić information content (AvgIpc) is 3.11. The summed E-state index contributed by atoms with van der Waals surface area (Å²) in [7, 11) is 0. The number of anilines is 1. The van der Waals surface area contributed by atoms with Crippen molar-refractivity contribution >= 4 is 44.9 Å². The molecule has 1 amide bonds. The normalized spacial score (nSPS) is 10.9. The fraction of sp³-hybridized carbons (Fsp3) is 0. The van der Waals surface area contributed by atoms with Crippen LogP contribution in [-0.4, -0.2) is 15.9 Å². The van der Waals surface area contributed by atoms with Gasteiger partial charge in [0.25, 0.3) is 5.91 Å². The number of hydrogen-bond acceptors (Lipinski definition) is 4. The SMILES string of the molecule is O=C(Nc1nc(-c2ccc(Cl)cc2)cs1)c1c[nH]c2c(F)cccc2c1=O. The minimum absolute atomic E-state index is 0.0679. The van der Waals surface area contributed by atoms with E-state index >= 15 is 0 Å². The lowest BCUT2D eigenvalue weighted by Gasteiger charge is -2.04. The molecule has 5 nitrogen and oxygen atoms in total. The molecule has 0 saturated carbocycles. The summed E-state index contributed by atoms with van der Waals surface area (Å²) in [6, 6.07) is 11.3. The Balaban J connectivity index is 1.62. The van der Waals surface area contributed by atoms with Crippen LogP contribution in [0.1, 0.15) is 10.4 Å². The first-order chi connectivity index (χ1) is 13.0. The summed E-state index contributed by atoms with van der Waals surface area (Å²) in [5.41, 5.74) is 0.946. The number of H-pyrrole nitrogens is 1. The Bertz CT molecular complexity index is 1220. The molecule has 4 rings (SSSR count). The number of nitrogens with one attached hydrogen (secondary N) is 2. The number of thiazole rings is 1. The fourth-order valence-corrected chi connectivity index (χ4v) is 3.47. The number of amides is 1. The second kappa shape index (κ2) is 6.94. The number of benzene rings is 2. The average molecular weight is 400 g/mol. The lowest BCUT2D eigenvalue weighted by Crippen LogP contribution is -2.22. The van der Waals surface area contributed by atoms with Gasteiger partial charge in [-0.05, 0) is 24.3 Å². The topological polar surface area (TPSA) is 74.8 Å². The number of rotatable bonds is 3. The molecule has 8 heteroatoms. The van der Waals surface area contributed by atoms with Crippen molar-refractivity contribution in [2.75, 3.05) is 5.32 Å². The molecule has 2 aromatic heterocycles. The summed E-state index contributed by atoms with van der Waals surface area (Å²) in [6.07, 6.45) is 1.21. The van der Waals surface area contributed by atoms with E-state index in [1.54, 1.807) is 17.5 Å². The third-order valence-corrected chi connectivity index (χ3v) is 4.98. The van der Waals surface area contributed by atoms with E-state index in [1.807, 2.05) is 12.1 Å². The first kappa shape index (κ1) is 17.4. The Morgan fingerprint density at radius 1 is 1.19 bits per heavy atom. The third-order valence-electron chi connectivity index (χ3n) is 3.97. The maximum Gasteiger partial charge on any atom is 0.262 e. The summed E-state index contributed by atoms with van der Waals surface area (Å²) < 4.78 is 13.7. The molecule has 0 aliphatic heterocycles. The molecular formula is C19H11ClFN3O2S. The molecule has 2 aromatic carbocycles. The van der Waals surface area contributed by atoms with E-state index < -0.39 is 17.2 Å². The van der Waals surface area contributed by atoms with Gasteiger partial charge in [0.05, 0.1) is 11.2 Å². The van der Waals surface area contributed by atoms with Crippen molar-refractivity contribution in [3.05, 3.63) is 80.7 Å². The van der Waals surface area contributed by atoms with Gasteiger partial charge in [-0.25, -0.2) is 9.37 Å². The molecule has 4 aromatic rings. The highest BCUT2D eigenvalue weighted by atomic mass is 35.5. The van der Waals surface area contributed by atoms with E-state index in [0.29, 0.717) is 15.8 Å². The number of aromatic amines is 1. The van der Waals surface area contributed by atoms with Crippen LogP contribution in [0.3, 0.4) is 0 Å². The van der Waals surface area contributed by atoms with Crippen LogP contribution in [0.2, 0.25) is 5.02 Å². The second-order valence-electron chi connectivity index (χ2n) is 5.69. The van der Waals surface area contributed by atoms with E-state index in [0.717, 1.165) is 5.56 Å². The number of halogens is 2. The third kappa shape index (κ3) is 3.34. The lowest BCUT2D eigenvalue weighted by atomic mass is 10.1. The van der Waals surface area contributed by atoms with Crippen LogP contribution in [0.5, 0.6) is 0 Å². The van der Waals surface area contributed by atoms with Crippen molar-refractivity contribution in [2.24, 2.45) is 0 Å². The van der Waals surface area contributed by atoms with Gasteiger partial charge in [-0.3, -0.25) is 14.9 Å². The predicted octanol–water partition coefficient (Wildman–Crippen LogP) is 4.70. The van der Waals surface area contributed by atoms with Gasteiger partial charge in [-0.1, -0.05) is 29.8 Å². The number of carbonyl (C=O) groups excluding carboxylic acids is 1. The van der Waals surface area contributed by atoms with E-state index in [4.69, 9.17) is 11.6 Å². The number of hydrogen-bond donors (Lipinski definition) is 2. The minimum atomic E-state index is -0.612. The summed E-state index contributed by atoms with van der Waals surface area (Å²) in [4.78, 5) is 32.0. The smallest absolute Gasteiger partial charge is 0.262 e. The van der Waals surface area contributed by atoms with Gasteiger partial charge in [-0.2, -0.15) is 0 Å². The summed E-state index contributed by atoms with van der Waals surface area (Å²) in [6.45, 7) is 0. The van der Waals surface area contributed by atoms with Crippen LogP contribution in [0.15, 0.2) is 58.8 Å². The van der Waals surface area contributed by atoms with Crippen LogP contribution >= 0.6 is 22.9 Å². The first-order valence-electron chi connectivity index (χ1n) is 7.85. The van der Waals surface area contributed by atoms with E-state index in [1.165, 1.54) is 35.7 Å². The highest BCUT2D eigenvalue weighted by Crippen LogP contribution is 2.26. The number of carbonyl (C=O) groups is 1. The molecule has 0 radical (unpaired) electrons. The predicted molar refractivity (Wildman–Crippen MR) is 105 cm³/mol. The molecule has 27 heavy (non-hydrogen) atoms. The number of para-hydroxylation sites is 1. The molecule has 0 spiro atoms. The fourth-order valence-electron chi connectivity index (χ4n) is 2.63. The number of pyridine rings is 1. The number of aromatic nitrogens is 2. The van der Waals surface area contributed by atoms with Gasteiger partial charge in [0.1, 0.15) is 11.4 Å². The Morgan fingerprint density at radius 2 is 1.96 bits per heavy atom. The Hall–Kier alpha value is -3.03. The maximum atomic E-state index is 13.7. The zero-order valence-electron chi connectivity index (χ0n) is 13.6. The molecule has 0 aliphatic carbocycles. The van der Waals surface area contributed by atoms with Crippen molar-refractivity contribution < 1.29 is 9.18 Å². The van der Waals surface area contributed by atoms with E-state index in [-0.39, 0.29) is 16.5 Å². The summed E-state index contributed by atoms with van der Waals surface area (Å²) >= 11 is 7.11. The maximum absolute atomic E-state index is 13.7. The molecule has 0 saturated heterocycles. The molecule has 0 atom stereocenters. The van der Waals surface area contributed by atoms with E-state index in [2.05, 4.69) is 15.3 Å². The highest BCUT2D eigenvalue weighted by Gasteiger charge is 2.16. The molecule has 0 unspecified atom stereocenters. The molecule has 2 heterocycles. The first-order valence-corrected chi connectivity index (χ1v) is 9.11. The largest absolute Gasteiger partial charge is 0.358 e. The van der Waals surface area contributed by atoms with Crippen molar-refractivity contribution in [2.45, 2.75) is 0 Å². The standard InChI is InChI=1S/C19H11ClFN3O2S/c20-11-6-4-10(5-7-11)15-9-27-19(23-15)24-18(26)13-8-22-16-12(17(13)25)2-1-3-14(16)21/h1-9H,(H,22,25)(H,23,24,26). The van der Waals surface area contributed by atoms with Gasteiger partial charge in [-0.15, -0.1) is 11.3 Å². The van der Waals surface area contributed by atoms with Gasteiger partial charge >= 0.3 is 0 Å². The van der Waals surface area contributed by atoms with Crippen LogP contribution < -0.4 is 10.7 Å². The van der Waals surface area contributed by atoms with Crippen molar-refractivity contribution in [3.8, 4) is 11.3 Å². The lowest BCUT2D eigenvalue weighted by molar-refractivity contribution is 0.102. The van der Waals surface area contributed by atoms with Crippen LogP contribution in [0.4, 0.5) is 9.52 Å². The van der Waals surface area contributed by atoms with Crippen molar-refractivity contribution in [3.63, 3.8) is 0 Å². The van der Waals surface area contributed by atoms with Gasteiger partial charge in [0.15, 0.2) is 5.13 Å². The molecule has 2 N–H and O–H groups in total.